The molecule has 0 bridgehead atoms. The number of hydrogen-bond donors (Lipinski definition) is 1. The van der Waals surface area contributed by atoms with Gasteiger partial charge in [-0.15, -0.1) is 0 Å². The molecule has 7 heteroatoms. The number of rotatable bonds is 5. The van der Waals surface area contributed by atoms with Gasteiger partial charge in [-0.2, -0.15) is 0 Å². The van der Waals surface area contributed by atoms with Crippen molar-refractivity contribution >= 4 is 17.6 Å². The Hall–Kier alpha value is -3.09. The van der Waals surface area contributed by atoms with Gasteiger partial charge >= 0.3 is 6.03 Å². The van der Waals surface area contributed by atoms with E-state index in [0.717, 1.165) is 23.3 Å². The van der Waals surface area contributed by atoms with E-state index in [1.54, 1.807) is 19.1 Å². The van der Waals surface area contributed by atoms with Crippen LogP contribution >= 0.6 is 0 Å². The number of carbonyl (C=O) groups excluding carboxylic acids is 2. The summed E-state index contributed by atoms with van der Waals surface area (Å²) in [5.74, 6) is 0.836. The highest BCUT2D eigenvalue weighted by molar-refractivity contribution is 6.23. The Labute approximate surface area is 163 Å². The van der Waals surface area contributed by atoms with E-state index in [9.17, 15) is 9.59 Å². The highest BCUT2D eigenvalue weighted by Crippen LogP contribution is 2.34. The summed E-state index contributed by atoms with van der Waals surface area (Å²) in [6, 6.07) is 2.89. The van der Waals surface area contributed by atoms with Crippen LogP contribution in [0, 0.1) is 0 Å². The molecule has 7 nitrogen and oxygen atoms in total. The van der Waals surface area contributed by atoms with Crippen LogP contribution in [0.1, 0.15) is 40.0 Å². The molecule has 0 aromatic carbocycles. The first-order valence-electron chi connectivity index (χ1n) is 9.52. The van der Waals surface area contributed by atoms with E-state index in [-0.39, 0.29) is 12.0 Å². The first kappa shape index (κ1) is 18.3. The maximum Gasteiger partial charge on any atom is 0.329 e. The van der Waals surface area contributed by atoms with Crippen molar-refractivity contribution < 1.29 is 19.1 Å². The van der Waals surface area contributed by atoms with E-state index < -0.39 is 11.6 Å². The van der Waals surface area contributed by atoms with Crippen molar-refractivity contribution in [1.29, 1.82) is 0 Å². The van der Waals surface area contributed by atoms with Crippen LogP contribution in [0.5, 0.6) is 5.88 Å². The Morgan fingerprint density at radius 1 is 1.36 bits per heavy atom. The number of hydrogen-bond acceptors (Lipinski definition) is 5. The second kappa shape index (κ2) is 6.82. The summed E-state index contributed by atoms with van der Waals surface area (Å²) in [6.45, 7) is 5.67. The molecule has 3 heterocycles. The van der Waals surface area contributed by atoms with Crippen molar-refractivity contribution in [1.82, 2.24) is 10.3 Å². The van der Waals surface area contributed by atoms with E-state index in [4.69, 9.17) is 9.47 Å². The van der Waals surface area contributed by atoms with Crippen LogP contribution in [0.3, 0.4) is 0 Å². The highest BCUT2D eigenvalue weighted by atomic mass is 16.5. The second-order valence-corrected chi connectivity index (χ2v) is 7.30. The number of fused-ring (bicyclic) bond motifs is 1. The molecular weight excluding hydrogens is 358 g/mol. The molecule has 3 amide bonds. The minimum absolute atomic E-state index is 0.0743. The third-order valence-corrected chi connectivity index (χ3v) is 5.45. The largest absolute Gasteiger partial charge is 0.493 e. The Kier molecular flexibility index (Phi) is 4.45. The molecule has 1 aliphatic carbocycles. The van der Waals surface area contributed by atoms with E-state index in [2.05, 4.69) is 17.2 Å². The maximum absolute atomic E-state index is 12.6. The molecule has 3 aliphatic rings. The van der Waals surface area contributed by atoms with Gasteiger partial charge in [-0.05, 0) is 50.0 Å². The standard InChI is InChI=1S/C21H23N3O4/c1-4-17-16-10-15(8-6-13(16)12-27-17)28-18-9-7-14(11-22-18)24-19(25)21(3,5-2)23-20(24)26/h7-12,17H,4-6H2,1-3H3,(H,23,26)/t17?,21-/m1/s1. The summed E-state index contributed by atoms with van der Waals surface area (Å²) < 4.78 is 11.5. The van der Waals surface area contributed by atoms with E-state index in [1.807, 2.05) is 25.3 Å². The zero-order valence-electron chi connectivity index (χ0n) is 16.2. The van der Waals surface area contributed by atoms with Gasteiger partial charge in [-0.25, -0.2) is 14.7 Å². The number of ether oxygens (including phenoxy) is 2. The molecule has 1 unspecified atom stereocenters. The van der Waals surface area contributed by atoms with Crippen LogP contribution in [-0.4, -0.2) is 28.6 Å². The summed E-state index contributed by atoms with van der Waals surface area (Å²) >= 11 is 0. The van der Waals surface area contributed by atoms with E-state index >= 15 is 0 Å². The van der Waals surface area contributed by atoms with Gasteiger partial charge < -0.3 is 14.8 Å². The lowest BCUT2D eigenvalue weighted by atomic mass is 9.94. The summed E-state index contributed by atoms with van der Waals surface area (Å²) in [7, 11) is 0. The van der Waals surface area contributed by atoms with Crippen molar-refractivity contribution in [3.05, 3.63) is 53.6 Å². The lowest BCUT2D eigenvalue weighted by molar-refractivity contribution is -0.121. The van der Waals surface area contributed by atoms with Gasteiger partial charge in [-0.3, -0.25) is 4.79 Å². The Balaban J connectivity index is 1.49. The molecule has 1 fully saturated rings. The molecule has 4 rings (SSSR count). The minimum atomic E-state index is -0.879. The number of amides is 3. The molecule has 146 valence electrons. The first-order valence-corrected chi connectivity index (χ1v) is 9.52. The molecule has 2 atom stereocenters. The lowest BCUT2D eigenvalue weighted by Crippen LogP contribution is -2.43. The highest BCUT2D eigenvalue weighted by Gasteiger charge is 2.47. The van der Waals surface area contributed by atoms with Crippen LogP contribution in [0.15, 0.2) is 53.6 Å². The average molecular weight is 381 g/mol. The van der Waals surface area contributed by atoms with Crippen molar-refractivity contribution in [3.63, 3.8) is 0 Å². The number of allylic oxidation sites excluding steroid dienone is 2. The molecule has 28 heavy (non-hydrogen) atoms. The molecule has 0 radical (unpaired) electrons. The van der Waals surface area contributed by atoms with Crippen LogP contribution in [0.4, 0.5) is 10.5 Å². The zero-order valence-corrected chi connectivity index (χ0v) is 16.2. The van der Waals surface area contributed by atoms with Crippen LogP contribution in [0.2, 0.25) is 0 Å². The van der Waals surface area contributed by atoms with Gasteiger partial charge in [0.25, 0.3) is 5.91 Å². The number of carbonyl (C=O) groups is 2. The van der Waals surface area contributed by atoms with Crippen molar-refractivity contribution in [3.8, 4) is 5.88 Å². The summed E-state index contributed by atoms with van der Waals surface area (Å²) in [4.78, 5) is 30.2. The van der Waals surface area contributed by atoms with Crippen molar-refractivity contribution in [2.24, 2.45) is 0 Å². The second-order valence-electron chi connectivity index (χ2n) is 7.30. The maximum atomic E-state index is 12.6. The SMILES string of the molecule is CCC1OC=C2CC=C(Oc3ccc(N4C(=O)N[C@](C)(CC)C4=O)cn3)C=C21. The van der Waals surface area contributed by atoms with Crippen LogP contribution in [-0.2, 0) is 9.53 Å². The monoisotopic (exact) mass is 381 g/mol. The Bertz CT molecular complexity index is 916. The first-order chi connectivity index (χ1) is 13.4. The fraction of sp³-hybridized carbons (Fsp3) is 0.381. The number of urea groups is 1. The quantitative estimate of drug-likeness (QED) is 0.789. The molecule has 0 saturated carbocycles. The Morgan fingerprint density at radius 3 is 2.82 bits per heavy atom. The van der Waals surface area contributed by atoms with Crippen LogP contribution < -0.4 is 15.0 Å². The molecule has 1 saturated heterocycles. The minimum Gasteiger partial charge on any atom is -0.493 e. The van der Waals surface area contributed by atoms with Gasteiger partial charge in [-0.1, -0.05) is 13.8 Å². The molecular formula is C21H23N3O4. The third kappa shape index (κ3) is 2.96. The molecule has 1 N–H and O–H groups in total. The zero-order chi connectivity index (χ0) is 19.9. The fourth-order valence-corrected chi connectivity index (χ4v) is 3.52. The summed E-state index contributed by atoms with van der Waals surface area (Å²) in [5, 5.41) is 2.73. The number of nitrogens with zero attached hydrogens (tertiary/aromatic N) is 2. The Morgan fingerprint density at radius 2 is 2.18 bits per heavy atom. The molecule has 1 aromatic heterocycles. The molecule has 1 aromatic rings. The predicted octanol–water partition coefficient (Wildman–Crippen LogP) is 3.59. The van der Waals surface area contributed by atoms with Gasteiger partial charge in [0.1, 0.15) is 17.4 Å². The lowest BCUT2D eigenvalue weighted by Gasteiger charge is -2.19. The summed E-state index contributed by atoms with van der Waals surface area (Å²) in [6.07, 6.45) is 9.51. The predicted molar refractivity (Wildman–Crippen MR) is 104 cm³/mol. The van der Waals surface area contributed by atoms with Gasteiger partial charge in [0.15, 0.2) is 0 Å². The topological polar surface area (TPSA) is 80.8 Å². The van der Waals surface area contributed by atoms with E-state index in [0.29, 0.717) is 23.7 Å². The number of anilines is 1. The van der Waals surface area contributed by atoms with Gasteiger partial charge in [0, 0.05) is 11.6 Å². The average Bonchev–Trinajstić information content (AvgIpc) is 3.21. The number of nitrogens with one attached hydrogen (secondary N) is 1. The summed E-state index contributed by atoms with van der Waals surface area (Å²) in [5.41, 5.74) is 1.87. The smallest absolute Gasteiger partial charge is 0.329 e. The van der Waals surface area contributed by atoms with Crippen LogP contribution in [0.25, 0.3) is 0 Å². The van der Waals surface area contributed by atoms with Crippen molar-refractivity contribution in [2.45, 2.75) is 51.7 Å². The van der Waals surface area contributed by atoms with Gasteiger partial charge in [0.05, 0.1) is 18.1 Å². The van der Waals surface area contributed by atoms with Gasteiger partial charge in [0.2, 0.25) is 5.88 Å². The van der Waals surface area contributed by atoms with Crippen molar-refractivity contribution in [2.75, 3.05) is 4.90 Å². The molecule has 2 aliphatic heterocycles. The number of pyridine rings is 1. The fourth-order valence-electron chi connectivity index (χ4n) is 3.52. The number of imide groups is 1. The molecule has 0 spiro atoms. The number of aromatic nitrogens is 1. The normalized spacial score (nSPS) is 26.2. The van der Waals surface area contributed by atoms with E-state index in [1.165, 1.54) is 11.8 Å². The third-order valence-electron chi connectivity index (χ3n) is 5.45.